The lowest BCUT2D eigenvalue weighted by Gasteiger charge is -2.63. The highest BCUT2D eigenvalue weighted by Gasteiger charge is 2.69. The van der Waals surface area contributed by atoms with Crippen molar-refractivity contribution in [1.29, 1.82) is 0 Å². The van der Waals surface area contributed by atoms with Gasteiger partial charge in [0.05, 0.1) is 0 Å². The number of esters is 3. The normalized spacial score (nSPS) is 35.0. The number of alkyl halides is 6. The van der Waals surface area contributed by atoms with E-state index in [4.69, 9.17) is 49.0 Å². The molecular weight excluding hydrogens is 476 g/mol. The minimum Gasteiger partial charge on any atom is -0.456 e. The Bertz CT molecular complexity index is 762. The summed E-state index contributed by atoms with van der Waals surface area (Å²) in [7, 11) is 0. The molecule has 4 unspecified atom stereocenters. The summed E-state index contributed by atoms with van der Waals surface area (Å²) in [6.45, 7) is 4.92. The average Bonchev–Trinajstić information content (AvgIpc) is 2.49. The molecule has 0 radical (unpaired) electrons. The first-order valence-electron chi connectivity index (χ1n) is 8.98. The summed E-state index contributed by atoms with van der Waals surface area (Å²) in [6.07, 6.45) is -4.96. The maximum absolute atomic E-state index is 12.9. The monoisotopic (exact) mass is 492 g/mol. The molecule has 0 aromatic carbocycles. The Kier molecular flexibility index (Phi) is 5.61. The highest BCUT2D eigenvalue weighted by atomic mass is 35.6. The van der Waals surface area contributed by atoms with E-state index >= 15 is 0 Å². The Morgan fingerprint density at radius 2 is 1.27 bits per heavy atom. The molecule has 30 heavy (non-hydrogen) atoms. The number of hydrogen-bond acceptors (Lipinski definition) is 6. The van der Waals surface area contributed by atoms with Crippen molar-refractivity contribution in [3.8, 4) is 0 Å². The Morgan fingerprint density at radius 1 is 0.867 bits per heavy atom. The molecule has 4 atom stereocenters. The van der Waals surface area contributed by atoms with E-state index in [0.29, 0.717) is 6.42 Å². The van der Waals surface area contributed by atoms with Crippen molar-refractivity contribution in [1.82, 2.24) is 0 Å². The fourth-order valence-corrected chi connectivity index (χ4v) is 5.43. The van der Waals surface area contributed by atoms with Crippen LogP contribution in [-0.2, 0) is 28.6 Å². The molecule has 0 aromatic rings. The van der Waals surface area contributed by atoms with E-state index in [0.717, 1.165) is 0 Å². The largest absolute Gasteiger partial charge is 0.490 e. The molecule has 0 N–H and O–H groups in total. The smallest absolute Gasteiger partial charge is 0.456 e. The third kappa shape index (κ3) is 4.53. The van der Waals surface area contributed by atoms with Crippen LogP contribution in [0.25, 0.3) is 0 Å². The Balaban J connectivity index is 1.98. The molecule has 0 heterocycles. The number of halogens is 6. The second-order valence-electron chi connectivity index (χ2n) is 8.50. The standard InChI is InChI=1S/C18H18Cl3F3O6/c1-9(2)11(25)28-14-3-10-4-15(6-14,29-12(26)17(19,20)21)8-16(5-10,7-14)30-13(27)18(22,23)24/h10H,1,3-8H2,2H3. The Morgan fingerprint density at radius 3 is 1.63 bits per heavy atom. The van der Waals surface area contributed by atoms with Gasteiger partial charge < -0.3 is 14.2 Å². The van der Waals surface area contributed by atoms with Gasteiger partial charge in [0, 0.05) is 24.8 Å². The molecule has 4 aliphatic rings. The van der Waals surface area contributed by atoms with Gasteiger partial charge in [0.2, 0.25) is 0 Å². The lowest BCUT2D eigenvalue weighted by atomic mass is 9.50. The molecule has 0 aromatic heterocycles. The summed E-state index contributed by atoms with van der Waals surface area (Å²) in [5.74, 6) is -4.68. The fraction of sp³-hybridized carbons (Fsp3) is 0.722. The Labute approximate surface area is 184 Å². The summed E-state index contributed by atoms with van der Waals surface area (Å²) >= 11 is 16.8. The highest BCUT2D eigenvalue weighted by molar-refractivity contribution is 6.75. The van der Waals surface area contributed by atoms with Gasteiger partial charge in [-0.3, -0.25) is 0 Å². The van der Waals surface area contributed by atoms with Crippen LogP contribution in [0.3, 0.4) is 0 Å². The van der Waals surface area contributed by atoms with Crippen molar-refractivity contribution in [2.75, 3.05) is 0 Å². The molecule has 6 nitrogen and oxygen atoms in total. The van der Waals surface area contributed by atoms with Crippen LogP contribution in [0.5, 0.6) is 0 Å². The van der Waals surface area contributed by atoms with Gasteiger partial charge >= 0.3 is 24.1 Å². The van der Waals surface area contributed by atoms with Gasteiger partial charge in [0.15, 0.2) is 0 Å². The molecule has 0 aliphatic heterocycles. The molecule has 4 saturated carbocycles. The maximum Gasteiger partial charge on any atom is 0.490 e. The zero-order chi connectivity index (χ0) is 22.8. The molecule has 0 spiro atoms. The zero-order valence-corrected chi connectivity index (χ0v) is 18.0. The predicted molar refractivity (Wildman–Crippen MR) is 98.8 cm³/mol. The third-order valence-corrected chi connectivity index (χ3v) is 6.12. The number of ether oxygens (including phenoxy) is 3. The number of rotatable bonds is 4. The molecule has 4 aliphatic carbocycles. The van der Waals surface area contributed by atoms with Crippen molar-refractivity contribution in [2.24, 2.45) is 5.92 Å². The van der Waals surface area contributed by atoms with Gasteiger partial charge in [-0.15, -0.1) is 0 Å². The van der Waals surface area contributed by atoms with E-state index in [1.165, 1.54) is 6.92 Å². The second-order valence-corrected chi connectivity index (χ2v) is 10.8. The van der Waals surface area contributed by atoms with Gasteiger partial charge in [-0.2, -0.15) is 13.2 Å². The minimum absolute atomic E-state index is 0.0205. The van der Waals surface area contributed by atoms with Crippen molar-refractivity contribution < 1.29 is 41.8 Å². The van der Waals surface area contributed by atoms with Crippen LogP contribution in [0.4, 0.5) is 13.2 Å². The van der Waals surface area contributed by atoms with Crippen LogP contribution in [0.15, 0.2) is 12.2 Å². The molecule has 168 valence electrons. The van der Waals surface area contributed by atoms with Gasteiger partial charge in [0.1, 0.15) is 16.8 Å². The van der Waals surface area contributed by atoms with Crippen molar-refractivity contribution >= 4 is 52.7 Å². The van der Waals surface area contributed by atoms with Crippen LogP contribution in [0, 0.1) is 5.92 Å². The van der Waals surface area contributed by atoms with Crippen LogP contribution in [0.2, 0.25) is 0 Å². The maximum atomic E-state index is 12.9. The number of hydrogen-bond donors (Lipinski definition) is 0. The quantitative estimate of drug-likeness (QED) is 0.251. The number of carbonyl (C=O) groups excluding carboxylic acids is 3. The van der Waals surface area contributed by atoms with Crippen LogP contribution in [0.1, 0.15) is 45.4 Å². The summed E-state index contributed by atoms with van der Waals surface area (Å²) in [5.41, 5.74) is -4.29. The van der Waals surface area contributed by atoms with E-state index in [-0.39, 0.29) is 43.6 Å². The van der Waals surface area contributed by atoms with Crippen LogP contribution >= 0.6 is 34.8 Å². The highest BCUT2D eigenvalue weighted by Crippen LogP contribution is 2.63. The van der Waals surface area contributed by atoms with Crippen molar-refractivity contribution in [2.45, 2.75) is 72.2 Å². The van der Waals surface area contributed by atoms with Crippen LogP contribution in [-0.4, -0.2) is 44.7 Å². The lowest BCUT2D eigenvalue weighted by Crippen LogP contribution is -2.69. The van der Waals surface area contributed by atoms with E-state index in [2.05, 4.69) is 6.58 Å². The molecular formula is C18H18Cl3F3O6. The van der Waals surface area contributed by atoms with E-state index in [9.17, 15) is 27.6 Å². The topological polar surface area (TPSA) is 78.9 Å². The number of carbonyl (C=O) groups is 3. The van der Waals surface area contributed by atoms with E-state index in [1.807, 2.05) is 0 Å². The average molecular weight is 494 g/mol. The van der Waals surface area contributed by atoms with Crippen molar-refractivity contribution in [3.63, 3.8) is 0 Å². The zero-order valence-electron chi connectivity index (χ0n) is 15.7. The first kappa shape index (κ1) is 23.5. The molecule has 4 bridgehead atoms. The summed E-state index contributed by atoms with van der Waals surface area (Å²) < 4.78 is 52.2. The predicted octanol–water partition coefficient (Wildman–Crippen LogP) is 4.34. The fourth-order valence-electron chi connectivity index (χ4n) is 5.31. The summed E-state index contributed by atoms with van der Waals surface area (Å²) in [4.78, 5) is 36.1. The molecule has 4 rings (SSSR count). The SMILES string of the molecule is C=C(C)C(=O)OC12CC3CC(OC(=O)C(F)(F)F)(C1)CC(OC(=O)C(Cl)(Cl)Cl)(C3)C2. The summed E-state index contributed by atoms with van der Waals surface area (Å²) in [6, 6.07) is 0. The van der Waals surface area contributed by atoms with E-state index in [1.54, 1.807) is 0 Å². The lowest BCUT2D eigenvalue weighted by molar-refractivity contribution is -0.282. The second kappa shape index (κ2) is 7.17. The first-order chi connectivity index (χ1) is 13.5. The Hall–Kier alpha value is -1.19. The van der Waals surface area contributed by atoms with Gasteiger partial charge in [-0.05, 0) is 32.1 Å². The molecule has 4 fully saturated rings. The van der Waals surface area contributed by atoms with Gasteiger partial charge in [-0.1, -0.05) is 41.4 Å². The van der Waals surface area contributed by atoms with Gasteiger partial charge in [0.25, 0.3) is 3.79 Å². The molecule has 0 saturated heterocycles. The van der Waals surface area contributed by atoms with E-state index < -0.39 is 44.7 Å². The minimum atomic E-state index is -5.22. The first-order valence-corrected chi connectivity index (χ1v) is 10.1. The van der Waals surface area contributed by atoms with Crippen LogP contribution < -0.4 is 0 Å². The summed E-state index contributed by atoms with van der Waals surface area (Å²) in [5, 5.41) is 0. The molecule has 0 amide bonds. The molecule has 12 heteroatoms. The third-order valence-electron chi connectivity index (χ3n) is 5.65. The van der Waals surface area contributed by atoms with Crippen molar-refractivity contribution in [3.05, 3.63) is 12.2 Å². The van der Waals surface area contributed by atoms with Gasteiger partial charge in [-0.25, -0.2) is 14.4 Å².